The molecule has 1 unspecified atom stereocenters. The molecule has 1 aliphatic heterocycles. The Morgan fingerprint density at radius 1 is 1.56 bits per heavy atom. The number of thioether (sulfide) groups is 1. The second-order valence-corrected chi connectivity index (χ2v) is 7.34. The molecule has 0 amide bonds. The van der Waals surface area contributed by atoms with Gasteiger partial charge in [-0.1, -0.05) is 6.92 Å². The van der Waals surface area contributed by atoms with Crippen LogP contribution in [0.4, 0.5) is 0 Å². The van der Waals surface area contributed by atoms with Gasteiger partial charge >= 0.3 is 0 Å². The molecule has 0 bridgehead atoms. The summed E-state index contributed by atoms with van der Waals surface area (Å²) >= 11 is 3.87. The number of nitrogens with one attached hydrogen (secondary N) is 1. The van der Waals surface area contributed by atoms with Crippen molar-refractivity contribution in [2.24, 2.45) is 7.05 Å². The summed E-state index contributed by atoms with van der Waals surface area (Å²) in [7, 11) is 2.04. The number of imidazole rings is 1. The molecule has 0 saturated heterocycles. The molecule has 5 heteroatoms. The third-order valence-corrected chi connectivity index (χ3v) is 5.68. The third kappa shape index (κ3) is 2.35. The minimum absolute atomic E-state index is 0.471. The molecule has 0 spiro atoms. The summed E-state index contributed by atoms with van der Waals surface area (Å²) in [6, 6.07) is 2.73. The lowest BCUT2D eigenvalue weighted by Crippen LogP contribution is -2.27. The third-order valence-electron chi connectivity index (χ3n) is 3.34. The van der Waals surface area contributed by atoms with Crippen LogP contribution in [0.1, 0.15) is 30.8 Å². The maximum atomic E-state index is 4.36. The van der Waals surface area contributed by atoms with E-state index in [9.17, 15) is 0 Å². The van der Waals surface area contributed by atoms with Gasteiger partial charge in [0.2, 0.25) is 0 Å². The predicted octanol–water partition coefficient (Wildman–Crippen LogP) is 3.20. The second-order valence-electron chi connectivity index (χ2n) is 4.72. The number of aromatic nitrogens is 2. The highest BCUT2D eigenvalue weighted by molar-refractivity contribution is 8.01. The number of fused-ring (bicyclic) bond motifs is 1. The topological polar surface area (TPSA) is 29.9 Å². The quantitative estimate of drug-likeness (QED) is 0.935. The van der Waals surface area contributed by atoms with Gasteiger partial charge in [-0.3, -0.25) is 0 Å². The fourth-order valence-electron chi connectivity index (χ4n) is 2.32. The zero-order chi connectivity index (χ0) is 12.5. The number of hydrogen-bond donors (Lipinski definition) is 1. The van der Waals surface area contributed by atoms with Crippen LogP contribution < -0.4 is 5.32 Å². The Kier molecular flexibility index (Phi) is 3.46. The molecule has 0 saturated carbocycles. The number of thiophene rings is 1. The molecule has 0 aliphatic carbocycles. The zero-order valence-electron chi connectivity index (χ0n) is 10.6. The van der Waals surface area contributed by atoms with E-state index in [1.807, 2.05) is 42.5 Å². The lowest BCUT2D eigenvalue weighted by molar-refractivity contribution is 0.475. The standard InChI is InChI=1S/C13H17N3S2/c1-9-7-11(10-3-6-17-13(10)18-9)15-8-12-14-4-5-16(12)2/h3-6,9,11,15H,7-8H2,1-2H3/t9-,11?/m0/s1. The Bertz CT molecular complexity index is 532. The first kappa shape index (κ1) is 12.3. The van der Waals surface area contributed by atoms with Crippen molar-refractivity contribution in [2.45, 2.75) is 35.4 Å². The highest BCUT2D eigenvalue weighted by Crippen LogP contribution is 2.43. The van der Waals surface area contributed by atoms with Crippen molar-refractivity contribution in [3.8, 4) is 0 Å². The van der Waals surface area contributed by atoms with E-state index in [1.165, 1.54) is 16.2 Å². The number of nitrogens with zero attached hydrogens (tertiary/aromatic N) is 2. The molecule has 1 aliphatic rings. The van der Waals surface area contributed by atoms with Crippen molar-refractivity contribution in [3.05, 3.63) is 35.2 Å². The lowest BCUT2D eigenvalue weighted by atomic mass is 10.0. The molecule has 0 radical (unpaired) electrons. The first-order chi connectivity index (χ1) is 8.74. The van der Waals surface area contributed by atoms with Crippen molar-refractivity contribution in [1.82, 2.24) is 14.9 Å². The number of aryl methyl sites for hydroxylation is 1. The van der Waals surface area contributed by atoms with Crippen molar-refractivity contribution in [3.63, 3.8) is 0 Å². The number of hydrogen-bond acceptors (Lipinski definition) is 4. The highest BCUT2D eigenvalue weighted by atomic mass is 32.2. The molecule has 96 valence electrons. The fraction of sp³-hybridized carbons (Fsp3) is 0.462. The van der Waals surface area contributed by atoms with Crippen LogP contribution in [0.2, 0.25) is 0 Å². The Morgan fingerprint density at radius 3 is 3.22 bits per heavy atom. The minimum atomic E-state index is 0.471. The molecule has 1 N–H and O–H groups in total. The van der Waals surface area contributed by atoms with Crippen LogP contribution in [0.15, 0.2) is 28.0 Å². The summed E-state index contributed by atoms with van der Waals surface area (Å²) in [6.45, 7) is 3.14. The van der Waals surface area contributed by atoms with Crippen LogP contribution in [-0.2, 0) is 13.6 Å². The van der Waals surface area contributed by atoms with Gasteiger partial charge in [0.25, 0.3) is 0 Å². The van der Waals surface area contributed by atoms with Crippen LogP contribution in [-0.4, -0.2) is 14.8 Å². The molecular weight excluding hydrogens is 262 g/mol. The van der Waals surface area contributed by atoms with Crippen molar-refractivity contribution in [1.29, 1.82) is 0 Å². The van der Waals surface area contributed by atoms with E-state index in [4.69, 9.17) is 0 Å². The fourth-order valence-corrected chi connectivity index (χ4v) is 4.89. The molecule has 2 aromatic rings. The zero-order valence-corrected chi connectivity index (χ0v) is 12.2. The Morgan fingerprint density at radius 2 is 2.44 bits per heavy atom. The van der Waals surface area contributed by atoms with Crippen molar-refractivity contribution >= 4 is 23.1 Å². The van der Waals surface area contributed by atoms with E-state index in [0.29, 0.717) is 11.3 Å². The van der Waals surface area contributed by atoms with Gasteiger partial charge in [0, 0.05) is 30.7 Å². The van der Waals surface area contributed by atoms with Gasteiger partial charge in [-0.15, -0.1) is 23.1 Å². The summed E-state index contributed by atoms with van der Waals surface area (Å²) in [5, 5.41) is 6.54. The van der Waals surface area contributed by atoms with Gasteiger partial charge in [0.15, 0.2) is 0 Å². The molecule has 18 heavy (non-hydrogen) atoms. The molecular formula is C13H17N3S2. The Hall–Kier alpha value is -0.780. The number of rotatable bonds is 3. The van der Waals surface area contributed by atoms with Gasteiger partial charge in [0.05, 0.1) is 10.8 Å². The summed E-state index contributed by atoms with van der Waals surface area (Å²) in [5.74, 6) is 1.10. The first-order valence-electron chi connectivity index (χ1n) is 6.17. The molecule has 3 rings (SSSR count). The van der Waals surface area contributed by atoms with Gasteiger partial charge in [0.1, 0.15) is 5.82 Å². The lowest BCUT2D eigenvalue weighted by Gasteiger charge is -2.27. The summed E-state index contributed by atoms with van der Waals surface area (Å²) < 4.78 is 3.55. The Labute approximate surface area is 116 Å². The predicted molar refractivity (Wildman–Crippen MR) is 77.0 cm³/mol. The normalized spacial score (nSPS) is 23.0. The van der Waals surface area contributed by atoms with Crippen LogP contribution in [0.5, 0.6) is 0 Å². The summed E-state index contributed by atoms with van der Waals surface area (Å²) in [4.78, 5) is 4.36. The molecule has 3 nitrogen and oxygen atoms in total. The monoisotopic (exact) mass is 279 g/mol. The van der Waals surface area contributed by atoms with Gasteiger partial charge < -0.3 is 9.88 Å². The van der Waals surface area contributed by atoms with Crippen LogP contribution in [0, 0.1) is 0 Å². The summed E-state index contributed by atoms with van der Waals surface area (Å²) in [5.41, 5.74) is 1.47. The Balaban J connectivity index is 1.72. The van der Waals surface area contributed by atoms with E-state index in [-0.39, 0.29) is 0 Å². The maximum Gasteiger partial charge on any atom is 0.122 e. The van der Waals surface area contributed by atoms with Crippen LogP contribution in [0.25, 0.3) is 0 Å². The summed E-state index contributed by atoms with van der Waals surface area (Å²) in [6.07, 6.45) is 5.04. The van der Waals surface area contributed by atoms with Crippen molar-refractivity contribution in [2.75, 3.05) is 0 Å². The van der Waals surface area contributed by atoms with Crippen molar-refractivity contribution < 1.29 is 0 Å². The van der Waals surface area contributed by atoms with E-state index < -0.39 is 0 Å². The van der Waals surface area contributed by atoms with E-state index in [1.54, 1.807) is 0 Å². The molecule has 2 aromatic heterocycles. The largest absolute Gasteiger partial charge is 0.337 e. The SMILES string of the molecule is C[C@H]1CC(NCc2nccn2C)c2ccsc2S1. The van der Waals surface area contributed by atoms with Crippen LogP contribution >= 0.6 is 23.1 Å². The minimum Gasteiger partial charge on any atom is -0.337 e. The maximum absolute atomic E-state index is 4.36. The molecule has 0 fully saturated rings. The molecule has 3 heterocycles. The average molecular weight is 279 g/mol. The first-order valence-corrected chi connectivity index (χ1v) is 7.93. The van der Waals surface area contributed by atoms with E-state index in [0.717, 1.165) is 12.4 Å². The van der Waals surface area contributed by atoms with Gasteiger partial charge in [-0.2, -0.15) is 0 Å². The van der Waals surface area contributed by atoms with Gasteiger partial charge in [-0.05, 0) is 23.4 Å². The van der Waals surface area contributed by atoms with E-state index >= 15 is 0 Å². The van der Waals surface area contributed by atoms with Gasteiger partial charge in [-0.25, -0.2) is 4.98 Å². The second kappa shape index (κ2) is 5.07. The molecule has 2 atom stereocenters. The smallest absolute Gasteiger partial charge is 0.122 e. The van der Waals surface area contributed by atoms with E-state index in [2.05, 4.69) is 33.2 Å². The van der Waals surface area contributed by atoms with Crippen LogP contribution in [0.3, 0.4) is 0 Å². The highest BCUT2D eigenvalue weighted by Gasteiger charge is 2.25. The molecule has 0 aromatic carbocycles. The average Bonchev–Trinajstić information content (AvgIpc) is 2.94.